The number of imide groups is 6. The molecule has 0 N–H and O–H groups in total. The van der Waals surface area contributed by atoms with Crippen molar-refractivity contribution in [1.82, 2.24) is 30.4 Å². The third kappa shape index (κ3) is 21.8. The van der Waals surface area contributed by atoms with Crippen LogP contribution in [0.1, 0.15) is 149 Å². The van der Waals surface area contributed by atoms with Crippen LogP contribution in [-0.2, 0) is 154 Å². The Labute approximate surface area is 680 Å². The zero-order chi connectivity index (χ0) is 84.8. The van der Waals surface area contributed by atoms with Gasteiger partial charge in [-0.3, -0.25) is 57.5 Å². The highest BCUT2D eigenvalue weighted by atomic mass is 31.3. The van der Waals surface area contributed by atoms with Crippen LogP contribution in [0.5, 0.6) is 34.5 Å². The molecule has 0 aliphatic carbocycles. The highest BCUT2D eigenvalue weighted by molar-refractivity contribution is 7.79. The predicted molar refractivity (Wildman–Crippen MR) is 403 cm³/mol. The summed E-state index contributed by atoms with van der Waals surface area (Å²) in [5.74, 6) is -14.0. The number of amides is 12. The number of aryl methyl sites for hydroxylation is 6. The number of hydroxylamine groups is 12. The molecule has 0 radical (unpaired) electrons. The van der Waals surface area contributed by atoms with Gasteiger partial charge in [-0.05, 0) is 145 Å². The van der Waals surface area contributed by atoms with Gasteiger partial charge in [0, 0.05) is 77.0 Å². The molecule has 0 saturated carbocycles. The molecular weight excluding hydrogens is 1640 g/mol. The summed E-state index contributed by atoms with van der Waals surface area (Å²) < 4.78 is 58.5. The monoisotopic (exact) mass is 1710 g/mol. The molecule has 42 heteroatoms. The zero-order valence-electron chi connectivity index (χ0n) is 63.4. The van der Waals surface area contributed by atoms with Gasteiger partial charge in [0.25, 0.3) is 70.9 Å². The lowest BCUT2D eigenvalue weighted by Gasteiger charge is -2.33. The van der Waals surface area contributed by atoms with Crippen molar-refractivity contribution in [3.63, 3.8) is 0 Å². The number of benzene rings is 6. The Hall–Kier alpha value is -13.5. The fraction of sp³-hybridized carbons (Fsp3) is 0.308. The third-order valence-corrected chi connectivity index (χ3v) is 26.6. The third-order valence-electron chi connectivity index (χ3n) is 18.5. The van der Waals surface area contributed by atoms with Crippen molar-refractivity contribution in [2.45, 2.75) is 154 Å². The molecule has 120 heavy (non-hydrogen) atoms. The van der Waals surface area contributed by atoms with Gasteiger partial charge < -0.3 is 56.2 Å². The van der Waals surface area contributed by atoms with E-state index in [-0.39, 0.29) is 189 Å². The maximum absolute atomic E-state index is 13.1. The number of carbonyl (C=O) groups is 18. The first kappa shape index (κ1) is 84.4. The van der Waals surface area contributed by atoms with Crippen molar-refractivity contribution < 1.29 is 142 Å². The first-order valence-corrected chi connectivity index (χ1v) is 42.2. The lowest BCUT2D eigenvalue weighted by atomic mass is 10.1. The molecule has 7 heterocycles. The van der Waals surface area contributed by atoms with Crippen molar-refractivity contribution in [2.75, 3.05) is 0 Å². The first-order chi connectivity index (χ1) is 57.6. The molecule has 0 atom stereocenters. The number of hydrogen-bond donors (Lipinski definition) is 0. The molecule has 624 valence electrons. The number of hydrogen-bond acceptors (Lipinski definition) is 33. The van der Waals surface area contributed by atoms with Crippen LogP contribution in [0, 0.1) is 0 Å². The summed E-state index contributed by atoms with van der Waals surface area (Å²) in [7, 11) is -14.8. The minimum atomic E-state index is -4.93. The van der Waals surface area contributed by atoms with Crippen molar-refractivity contribution in [3.8, 4) is 34.5 Å². The van der Waals surface area contributed by atoms with Crippen LogP contribution in [0.4, 0.5) is 0 Å². The van der Waals surface area contributed by atoms with Crippen LogP contribution in [0.2, 0.25) is 0 Å². The molecule has 39 nitrogen and oxygen atoms in total. The maximum atomic E-state index is 13.1. The molecule has 6 saturated heterocycles. The quantitative estimate of drug-likeness (QED) is 0.0261. The summed E-state index contributed by atoms with van der Waals surface area (Å²) in [6, 6.07) is 36.2. The predicted octanol–water partition coefficient (Wildman–Crippen LogP) is 9.55. The van der Waals surface area contributed by atoms with Gasteiger partial charge in [-0.15, -0.1) is 30.4 Å². The molecular formula is C78H72N9O30P3. The second-order valence-corrected chi connectivity index (χ2v) is 33.6. The van der Waals surface area contributed by atoms with E-state index in [2.05, 4.69) is 0 Å². The molecule has 13 rings (SSSR count). The Balaban J connectivity index is 0.933. The number of carbonyl (C=O) groups excluding carboxylic acids is 18. The summed E-state index contributed by atoms with van der Waals surface area (Å²) in [5, 5.41) is 2.53. The van der Waals surface area contributed by atoms with E-state index in [1.165, 1.54) is 72.8 Å². The van der Waals surface area contributed by atoms with Gasteiger partial charge >= 0.3 is 58.8 Å². The Morgan fingerprint density at radius 2 is 0.325 bits per heavy atom. The number of nitrogens with zero attached hydrogens (tertiary/aromatic N) is 9. The summed E-state index contributed by atoms with van der Waals surface area (Å²) in [4.78, 5) is 258. The van der Waals surface area contributed by atoms with Crippen molar-refractivity contribution in [1.29, 1.82) is 0 Å². The molecule has 0 aromatic heterocycles. The molecule has 6 aromatic rings. The fourth-order valence-corrected chi connectivity index (χ4v) is 21.3. The molecule has 0 unspecified atom stereocenters. The van der Waals surface area contributed by atoms with Crippen LogP contribution in [0.15, 0.2) is 159 Å². The van der Waals surface area contributed by atoms with Crippen LogP contribution in [-0.4, -0.2) is 137 Å². The topological polar surface area (TPSA) is 475 Å². The lowest BCUT2D eigenvalue weighted by Crippen LogP contribution is -2.32. The van der Waals surface area contributed by atoms with E-state index in [9.17, 15) is 86.3 Å². The van der Waals surface area contributed by atoms with Gasteiger partial charge in [0.1, 0.15) is 34.5 Å². The molecule has 0 bridgehead atoms. The summed E-state index contributed by atoms with van der Waals surface area (Å²) in [6.07, 6.45) is -3.61. The van der Waals surface area contributed by atoms with Crippen molar-refractivity contribution in [3.05, 3.63) is 179 Å². The number of rotatable bonds is 36. The molecule has 7 aliphatic rings. The van der Waals surface area contributed by atoms with Gasteiger partial charge in [-0.1, -0.05) is 86.3 Å². The van der Waals surface area contributed by atoms with Crippen LogP contribution >= 0.6 is 23.0 Å². The van der Waals surface area contributed by atoms with E-state index in [4.69, 9.17) is 69.7 Å². The SMILES string of the molecule is O=C(CCc1ccc(OP2(Oc3ccc(CCC(=O)ON4C(=O)CCC4=O)cc3)=NP(Oc3ccc(CCC(=O)ON4C(=O)CCC4=O)cc3)(Oc3ccc(CCC(=O)ON4C(=O)CCC4=O)cc3)=NP(Oc3ccc(CCC(=O)ON4C(=O)CCC4=O)cc3)(Oc3ccc(CCC(=O)ON4C(=O)CCC4=O)cc3)=N2)cc1)ON1C(=O)CCC1=O. The van der Waals surface area contributed by atoms with E-state index >= 15 is 0 Å². The van der Waals surface area contributed by atoms with Gasteiger partial charge in [-0.2, -0.15) is 0 Å². The van der Waals surface area contributed by atoms with Crippen LogP contribution in [0.25, 0.3) is 0 Å². The lowest BCUT2D eigenvalue weighted by molar-refractivity contribution is -0.197. The van der Waals surface area contributed by atoms with Gasteiger partial charge in [0.05, 0.1) is 38.5 Å². The highest BCUT2D eigenvalue weighted by Gasteiger charge is 2.50. The molecule has 6 aromatic carbocycles. The molecule has 0 spiro atoms. The van der Waals surface area contributed by atoms with Gasteiger partial charge in [0.15, 0.2) is 0 Å². The first-order valence-electron chi connectivity index (χ1n) is 37.6. The average molecular weight is 1710 g/mol. The Kier molecular flexibility index (Phi) is 26.3. The largest absolute Gasteiger partial charge is 0.460 e. The second kappa shape index (κ2) is 37.4. The fourth-order valence-electron chi connectivity index (χ4n) is 12.2. The molecule has 12 amide bonds. The van der Waals surface area contributed by atoms with Crippen LogP contribution < -0.4 is 27.1 Å². The minimum Gasteiger partial charge on any atom is -0.413 e. The normalized spacial score (nSPS) is 17.2. The van der Waals surface area contributed by atoms with E-state index in [0.29, 0.717) is 63.8 Å². The second-order valence-electron chi connectivity index (χ2n) is 27.4. The zero-order valence-corrected chi connectivity index (χ0v) is 66.1. The Bertz CT molecular complexity index is 4410. The van der Waals surface area contributed by atoms with Gasteiger partial charge in [0.2, 0.25) is 0 Å². The Morgan fingerprint density at radius 3 is 0.442 bits per heavy atom. The van der Waals surface area contributed by atoms with Crippen molar-refractivity contribution in [2.24, 2.45) is 13.5 Å². The minimum absolute atomic E-state index is 0.00897. The molecule has 6 fully saturated rings. The smallest absolute Gasteiger partial charge is 0.413 e. The maximum Gasteiger partial charge on any atom is 0.460 e. The van der Waals surface area contributed by atoms with E-state index in [0.717, 1.165) is 0 Å². The van der Waals surface area contributed by atoms with E-state index < -0.39 is 130 Å². The summed E-state index contributed by atoms with van der Waals surface area (Å²) >= 11 is 0. The van der Waals surface area contributed by atoms with Crippen LogP contribution in [0.3, 0.4) is 0 Å². The van der Waals surface area contributed by atoms with E-state index in [1.807, 2.05) is 0 Å². The average Bonchev–Trinajstić information content (AvgIpc) is 1.22. The summed E-state index contributed by atoms with van der Waals surface area (Å²) in [6.45, 7) is 0. The standard InChI is InChI=1S/C78H72N9O30P3/c88-61-31-32-62(89)82(61)106-73(100)43-13-49-1-19-55(20-2-49)112-118(113-56-21-3-50(4-22-56)14-44-74(101)107-83-63(90)33-34-64(83)91)79-119(114-57-23-5-51(6-24-57)15-45-75(102)108-84-65(92)35-36-66(84)93,115-58-25-7-52(8-26-58)16-46-76(103)109-85-67(94)37-38-68(85)95)81-120(80-118,116-59-27-9-53(10-28-59)17-47-77(104)110-86-69(96)39-40-70(86)97)117-60-29-11-54(12-30-60)18-48-78(105)111-87-71(98)41-42-72(87)99/h1-12,19-30H,13-18,31-48H2. The summed E-state index contributed by atoms with van der Waals surface area (Å²) in [5.41, 5.74) is 2.93. The van der Waals surface area contributed by atoms with Crippen molar-refractivity contribution >= 4 is 130 Å². The van der Waals surface area contributed by atoms with E-state index in [1.54, 1.807) is 72.8 Å². The highest BCUT2D eigenvalue weighted by Crippen LogP contribution is 2.79. The Morgan fingerprint density at radius 1 is 0.208 bits per heavy atom. The molecule has 7 aliphatic heterocycles. The van der Waals surface area contributed by atoms with Gasteiger partial charge in [-0.25, -0.2) is 28.8 Å².